The van der Waals surface area contributed by atoms with Gasteiger partial charge in [0.2, 0.25) is 0 Å². The largest absolute Gasteiger partial charge is 0.472 e. The van der Waals surface area contributed by atoms with Crippen molar-refractivity contribution in [1.29, 1.82) is 0 Å². The first-order valence-electron chi connectivity index (χ1n) is 22.6. The monoisotopic (exact) mass is 890 g/mol. The van der Waals surface area contributed by atoms with Crippen molar-refractivity contribution in [3.63, 3.8) is 0 Å². The summed E-state index contributed by atoms with van der Waals surface area (Å²) in [7, 11) is -10.6. The number of phosphoric ester groups is 2. The summed E-state index contributed by atoms with van der Waals surface area (Å²) in [6.45, 7) is 3.11. The maximum absolute atomic E-state index is 12.9. The first kappa shape index (κ1) is 56.0. The fourth-order valence-electron chi connectivity index (χ4n) is 7.14. The highest BCUT2D eigenvalue weighted by Crippen LogP contribution is 2.49. The molecule has 1 fully saturated rings. The van der Waals surface area contributed by atoms with Crippen molar-refractivity contribution in [3.05, 3.63) is 0 Å². The molecule has 350 valence electrons. The number of aliphatic hydroxyl groups is 4. The Balaban J connectivity index is 2.61. The molecule has 8 atom stereocenters. The smallest absolute Gasteiger partial charge is 0.462 e. The van der Waals surface area contributed by atoms with E-state index in [0.717, 1.165) is 51.4 Å². The van der Waals surface area contributed by atoms with Crippen molar-refractivity contribution in [2.75, 3.05) is 13.2 Å². The summed E-state index contributed by atoms with van der Waals surface area (Å²) in [5, 5.41) is 41.1. The number of phosphoric acid groups is 2. The van der Waals surface area contributed by atoms with E-state index in [1.54, 1.807) is 0 Å². The zero-order valence-corrected chi connectivity index (χ0v) is 37.7. The fraction of sp³-hybridized carbons (Fsp3) is 0.951. The SMILES string of the molecule is CCCCCCCCCCCCCCCC(=O)OC[C@H](COP(=O)(O)O[C@H]1[C@@H](O)[C@@H](OP(=O)(O)O)[C@H](O)[C@@H](O)[C@@H]1O)OC(=O)CCCCCCCCCCCCCCC. The number of unbranched alkanes of at least 4 members (excludes halogenated alkanes) is 24. The number of rotatable bonds is 38. The van der Waals surface area contributed by atoms with Gasteiger partial charge in [0.25, 0.3) is 0 Å². The summed E-state index contributed by atoms with van der Waals surface area (Å²) < 4.78 is 49.3. The van der Waals surface area contributed by atoms with Crippen LogP contribution in [0.15, 0.2) is 0 Å². The number of aliphatic hydroxyl groups excluding tert-OH is 4. The maximum Gasteiger partial charge on any atom is 0.472 e. The molecule has 0 saturated heterocycles. The summed E-state index contributed by atoms with van der Waals surface area (Å²) in [6.07, 6.45) is 15.0. The minimum absolute atomic E-state index is 0.0517. The topological polar surface area (TPSA) is 256 Å². The Morgan fingerprint density at radius 2 is 0.831 bits per heavy atom. The van der Waals surface area contributed by atoms with E-state index >= 15 is 0 Å². The first-order chi connectivity index (χ1) is 28.1. The highest BCUT2D eigenvalue weighted by atomic mass is 31.2. The van der Waals surface area contributed by atoms with E-state index in [-0.39, 0.29) is 12.8 Å². The zero-order valence-electron chi connectivity index (χ0n) is 36.0. The molecule has 18 heteroatoms. The van der Waals surface area contributed by atoms with Crippen molar-refractivity contribution in [3.8, 4) is 0 Å². The van der Waals surface area contributed by atoms with E-state index in [1.807, 2.05) is 0 Å². The number of esters is 2. The molecule has 16 nitrogen and oxygen atoms in total. The highest BCUT2D eigenvalue weighted by Gasteiger charge is 2.54. The fourth-order valence-corrected chi connectivity index (χ4v) is 8.68. The lowest BCUT2D eigenvalue weighted by molar-refractivity contribution is -0.216. The van der Waals surface area contributed by atoms with E-state index in [9.17, 15) is 44.0 Å². The van der Waals surface area contributed by atoms with Crippen LogP contribution in [-0.4, -0.2) is 103 Å². The van der Waals surface area contributed by atoms with E-state index in [4.69, 9.17) is 28.3 Å². The Morgan fingerprint density at radius 1 is 0.475 bits per heavy atom. The Bertz CT molecular complexity index is 1170. The third kappa shape index (κ3) is 28.3. The second-order valence-corrected chi connectivity index (χ2v) is 18.7. The number of carbonyl (C=O) groups excluding carboxylic acids is 2. The third-order valence-electron chi connectivity index (χ3n) is 10.7. The van der Waals surface area contributed by atoms with Crippen LogP contribution in [0.2, 0.25) is 0 Å². The van der Waals surface area contributed by atoms with Gasteiger partial charge in [0, 0.05) is 12.8 Å². The molecule has 0 heterocycles. The average Bonchev–Trinajstić information content (AvgIpc) is 3.18. The predicted octanol–water partition coefficient (Wildman–Crippen LogP) is 7.84. The van der Waals surface area contributed by atoms with Crippen molar-refractivity contribution in [2.45, 2.75) is 236 Å². The quantitative estimate of drug-likeness (QED) is 0.0177. The van der Waals surface area contributed by atoms with Crippen molar-refractivity contribution in [2.24, 2.45) is 0 Å². The molecular weight excluding hydrogens is 810 g/mol. The minimum atomic E-state index is -5.35. The van der Waals surface area contributed by atoms with E-state index in [1.165, 1.54) is 103 Å². The van der Waals surface area contributed by atoms with Gasteiger partial charge in [-0.2, -0.15) is 0 Å². The molecule has 0 aromatic carbocycles. The van der Waals surface area contributed by atoms with Gasteiger partial charge in [-0.15, -0.1) is 0 Å². The van der Waals surface area contributed by atoms with Crippen molar-refractivity contribution >= 4 is 27.6 Å². The third-order valence-corrected chi connectivity index (χ3v) is 12.2. The van der Waals surface area contributed by atoms with Crippen LogP contribution in [0.3, 0.4) is 0 Å². The number of hydrogen-bond acceptors (Lipinski definition) is 13. The van der Waals surface area contributed by atoms with E-state index < -0.39 is 83.5 Å². The molecule has 0 bridgehead atoms. The van der Waals surface area contributed by atoms with Gasteiger partial charge in [-0.25, -0.2) is 9.13 Å². The van der Waals surface area contributed by atoms with Crippen LogP contribution in [0.1, 0.15) is 194 Å². The molecule has 0 spiro atoms. The van der Waals surface area contributed by atoms with Gasteiger partial charge in [0.15, 0.2) is 6.10 Å². The van der Waals surface area contributed by atoms with Crippen LogP contribution in [0.5, 0.6) is 0 Å². The van der Waals surface area contributed by atoms with Gasteiger partial charge >= 0.3 is 27.6 Å². The minimum Gasteiger partial charge on any atom is -0.462 e. The predicted molar refractivity (Wildman–Crippen MR) is 223 cm³/mol. The van der Waals surface area contributed by atoms with Crippen LogP contribution in [0.25, 0.3) is 0 Å². The van der Waals surface area contributed by atoms with Gasteiger partial charge in [-0.1, -0.05) is 168 Å². The maximum atomic E-state index is 12.9. The average molecular weight is 891 g/mol. The van der Waals surface area contributed by atoms with Crippen LogP contribution in [0.4, 0.5) is 0 Å². The summed E-state index contributed by atoms with van der Waals surface area (Å²) in [5.74, 6) is -1.19. The molecule has 0 radical (unpaired) electrons. The Hall–Kier alpha value is -1.00. The summed E-state index contributed by atoms with van der Waals surface area (Å²) >= 11 is 0. The number of hydrogen-bond donors (Lipinski definition) is 7. The van der Waals surface area contributed by atoms with Crippen LogP contribution < -0.4 is 0 Å². The molecule has 1 unspecified atom stereocenters. The first-order valence-corrected chi connectivity index (χ1v) is 25.6. The molecule has 0 amide bonds. The van der Waals surface area contributed by atoms with Crippen LogP contribution >= 0.6 is 15.6 Å². The molecule has 1 saturated carbocycles. The molecule has 1 rings (SSSR count). The van der Waals surface area contributed by atoms with E-state index in [0.29, 0.717) is 12.8 Å². The second-order valence-electron chi connectivity index (χ2n) is 16.1. The summed E-state index contributed by atoms with van der Waals surface area (Å²) in [4.78, 5) is 54.1. The molecule has 0 aliphatic heterocycles. The van der Waals surface area contributed by atoms with Crippen LogP contribution in [0, 0.1) is 0 Å². The van der Waals surface area contributed by atoms with Gasteiger partial charge < -0.3 is 44.6 Å². The molecule has 0 aromatic rings. The Kier molecular flexibility index (Phi) is 31.8. The standard InChI is InChI=1S/C41H80O16P2/c1-3-5-7-9-11-13-15-17-19-21-23-25-27-29-34(42)53-31-33(55-35(43)30-28-26-24-22-20-18-16-14-12-10-8-6-4-2)32-54-59(51,52)57-41-38(46)36(44)37(45)40(39(41)47)56-58(48,49)50/h33,36-41,44-47H,3-32H2,1-2H3,(H,51,52)(H2,48,49,50)/t33-,36-,37-,38+,39+,40+,41-/m1/s1. The van der Waals surface area contributed by atoms with Crippen molar-refractivity contribution in [1.82, 2.24) is 0 Å². The second kappa shape index (κ2) is 33.5. The van der Waals surface area contributed by atoms with Crippen LogP contribution in [-0.2, 0) is 41.8 Å². The normalized spacial score (nSPS) is 22.5. The Morgan fingerprint density at radius 3 is 1.22 bits per heavy atom. The number of carbonyl (C=O) groups is 2. The number of ether oxygens (including phenoxy) is 2. The van der Waals surface area contributed by atoms with Gasteiger partial charge in [0.05, 0.1) is 6.61 Å². The molecule has 7 N–H and O–H groups in total. The lowest BCUT2D eigenvalue weighted by atomic mass is 9.85. The lowest BCUT2D eigenvalue weighted by Crippen LogP contribution is -2.64. The van der Waals surface area contributed by atoms with E-state index in [2.05, 4.69) is 18.4 Å². The zero-order chi connectivity index (χ0) is 43.9. The van der Waals surface area contributed by atoms with Gasteiger partial charge in [-0.05, 0) is 12.8 Å². The van der Waals surface area contributed by atoms with Gasteiger partial charge in [0.1, 0.15) is 43.2 Å². The molecule has 1 aliphatic rings. The summed E-state index contributed by atoms with van der Waals surface area (Å²) in [5.41, 5.74) is 0. The molecular formula is C41H80O16P2. The molecule has 0 aromatic heterocycles. The van der Waals surface area contributed by atoms with Crippen molar-refractivity contribution < 1.29 is 76.9 Å². The Labute approximate surface area is 353 Å². The molecule has 59 heavy (non-hydrogen) atoms. The highest BCUT2D eigenvalue weighted by molar-refractivity contribution is 7.47. The summed E-state index contributed by atoms with van der Waals surface area (Å²) in [6, 6.07) is 0. The molecule has 1 aliphatic carbocycles. The van der Waals surface area contributed by atoms with Gasteiger partial charge in [-0.3, -0.25) is 23.2 Å². The lowest BCUT2D eigenvalue weighted by Gasteiger charge is -2.43.